The minimum atomic E-state index is 0.951. The van der Waals surface area contributed by atoms with Crippen molar-refractivity contribution in [1.82, 2.24) is 0 Å². The van der Waals surface area contributed by atoms with Gasteiger partial charge in [0.25, 0.3) is 0 Å². The zero-order valence-corrected chi connectivity index (χ0v) is 12.7. The van der Waals surface area contributed by atoms with Crippen LogP contribution in [0.5, 0.6) is 0 Å². The molecule has 0 unspecified atom stereocenters. The number of hydrogen-bond acceptors (Lipinski definition) is 2. The molecular formula is C18H24N2. The number of anilines is 2. The van der Waals surface area contributed by atoms with Crippen molar-refractivity contribution in [3.8, 4) is 0 Å². The zero-order chi connectivity index (χ0) is 14.4. The molecule has 0 heterocycles. The van der Waals surface area contributed by atoms with Crippen molar-refractivity contribution in [2.24, 2.45) is 0 Å². The lowest BCUT2D eigenvalue weighted by molar-refractivity contribution is 0.831. The molecule has 0 spiro atoms. The van der Waals surface area contributed by atoms with E-state index in [0.29, 0.717) is 0 Å². The quantitative estimate of drug-likeness (QED) is 0.843. The van der Waals surface area contributed by atoms with Gasteiger partial charge in [0.15, 0.2) is 0 Å². The molecule has 0 atom stereocenters. The smallest absolute Gasteiger partial charge is 0.0396 e. The molecule has 106 valence electrons. The van der Waals surface area contributed by atoms with Crippen molar-refractivity contribution < 1.29 is 0 Å². The molecule has 2 heteroatoms. The first kappa shape index (κ1) is 14.4. The van der Waals surface area contributed by atoms with Gasteiger partial charge >= 0.3 is 0 Å². The van der Waals surface area contributed by atoms with Gasteiger partial charge in [0, 0.05) is 31.0 Å². The SMILES string of the molecule is CCN(CCNc1ccccc1C)c1ccccc1C. The molecule has 2 rings (SSSR count). The van der Waals surface area contributed by atoms with Gasteiger partial charge in [-0.2, -0.15) is 0 Å². The Labute approximate surface area is 122 Å². The van der Waals surface area contributed by atoms with Gasteiger partial charge in [0.1, 0.15) is 0 Å². The second kappa shape index (κ2) is 6.99. The zero-order valence-electron chi connectivity index (χ0n) is 12.7. The highest BCUT2D eigenvalue weighted by atomic mass is 15.1. The topological polar surface area (TPSA) is 15.3 Å². The van der Waals surface area contributed by atoms with Crippen LogP contribution >= 0.6 is 0 Å². The third-order valence-electron chi connectivity index (χ3n) is 3.68. The molecule has 1 N–H and O–H groups in total. The highest BCUT2D eigenvalue weighted by Crippen LogP contribution is 2.19. The summed E-state index contributed by atoms with van der Waals surface area (Å²) in [5.41, 5.74) is 5.20. The number of aryl methyl sites for hydroxylation is 2. The van der Waals surface area contributed by atoms with Gasteiger partial charge in [0.2, 0.25) is 0 Å². The minimum Gasteiger partial charge on any atom is -0.383 e. The standard InChI is InChI=1S/C18H24N2/c1-4-20(18-12-8-6-10-16(18)3)14-13-19-17-11-7-5-9-15(17)2/h5-12,19H,4,13-14H2,1-3H3. The van der Waals surface area contributed by atoms with Crippen molar-refractivity contribution in [3.63, 3.8) is 0 Å². The van der Waals surface area contributed by atoms with E-state index in [9.17, 15) is 0 Å². The van der Waals surface area contributed by atoms with E-state index in [4.69, 9.17) is 0 Å². The van der Waals surface area contributed by atoms with Crippen LogP contribution in [-0.2, 0) is 0 Å². The summed E-state index contributed by atoms with van der Waals surface area (Å²) in [7, 11) is 0. The fourth-order valence-corrected chi connectivity index (χ4v) is 2.46. The van der Waals surface area contributed by atoms with Crippen molar-refractivity contribution in [2.45, 2.75) is 20.8 Å². The Balaban J connectivity index is 1.95. The van der Waals surface area contributed by atoms with E-state index >= 15 is 0 Å². The molecule has 0 aliphatic rings. The Morgan fingerprint density at radius 1 is 0.900 bits per heavy atom. The lowest BCUT2D eigenvalue weighted by atomic mass is 10.2. The Hall–Kier alpha value is -1.96. The van der Waals surface area contributed by atoms with Crippen LogP contribution in [0.25, 0.3) is 0 Å². The Morgan fingerprint density at radius 2 is 1.55 bits per heavy atom. The molecule has 0 fully saturated rings. The maximum Gasteiger partial charge on any atom is 0.0396 e. The highest BCUT2D eigenvalue weighted by Gasteiger charge is 2.06. The maximum atomic E-state index is 3.53. The van der Waals surface area contributed by atoms with E-state index < -0.39 is 0 Å². The lowest BCUT2D eigenvalue weighted by Gasteiger charge is -2.25. The lowest BCUT2D eigenvalue weighted by Crippen LogP contribution is -2.29. The molecule has 20 heavy (non-hydrogen) atoms. The molecule has 0 saturated heterocycles. The van der Waals surface area contributed by atoms with Crippen molar-refractivity contribution in [2.75, 3.05) is 29.9 Å². The number of para-hydroxylation sites is 2. The molecular weight excluding hydrogens is 244 g/mol. The minimum absolute atomic E-state index is 0.951. The predicted octanol–water partition coefficient (Wildman–Crippen LogP) is 4.24. The third kappa shape index (κ3) is 3.53. The summed E-state index contributed by atoms with van der Waals surface area (Å²) in [6.07, 6.45) is 0. The van der Waals surface area contributed by atoms with Crippen LogP contribution in [-0.4, -0.2) is 19.6 Å². The van der Waals surface area contributed by atoms with Crippen LogP contribution in [0.1, 0.15) is 18.1 Å². The number of nitrogens with zero attached hydrogens (tertiary/aromatic N) is 1. The second-order valence-corrected chi connectivity index (χ2v) is 5.11. The first-order valence-corrected chi connectivity index (χ1v) is 7.32. The van der Waals surface area contributed by atoms with E-state index in [1.165, 1.54) is 22.5 Å². The molecule has 2 aromatic rings. The van der Waals surface area contributed by atoms with Crippen LogP contribution in [0.15, 0.2) is 48.5 Å². The van der Waals surface area contributed by atoms with Crippen LogP contribution in [0.3, 0.4) is 0 Å². The van der Waals surface area contributed by atoms with E-state index in [1.54, 1.807) is 0 Å². The summed E-state index contributed by atoms with van der Waals surface area (Å²) in [6.45, 7) is 9.51. The van der Waals surface area contributed by atoms with E-state index in [-0.39, 0.29) is 0 Å². The molecule has 0 bridgehead atoms. The van der Waals surface area contributed by atoms with Crippen molar-refractivity contribution >= 4 is 11.4 Å². The Kier molecular flexibility index (Phi) is 5.05. The van der Waals surface area contributed by atoms with Gasteiger partial charge in [-0.05, 0) is 44.0 Å². The molecule has 0 saturated carbocycles. The monoisotopic (exact) mass is 268 g/mol. The summed E-state index contributed by atoms with van der Waals surface area (Å²) >= 11 is 0. The van der Waals surface area contributed by atoms with Gasteiger partial charge in [0.05, 0.1) is 0 Å². The fourth-order valence-electron chi connectivity index (χ4n) is 2.46. The number of benzene rings is 2. The van der Waals surface area contributed by atoms with Crippen LogP contribution in [0, 0.1) is 13.8 Å². The summed E-state index contributed by atoms with van der Waals surface area (Å²) in [4.78, 5) is 2.42. The molecule has 2 nitrogen and oxygen atoms in total. The largest absolute Gasteiger partial charge is 0.383 e. The summed E-state index contributed by atoms with van der Waals surface area (Å²) in [6, 6.07) is 17.0. The second-order valence-electron chi connectivity index (χ2n) is 5.11. The van der Waals surface area contributed by atoms with Gasteiger partial charge in [-0.1, -0.05) is 36.4 Å². The van der Waals surface area contributed by atoms with Crippen LogP contribution in [0.2, 0.25) is 0 Å². The Morgan fingerprint density at radius 3 is 2.20 bits per heavy atom. The molecule has 0 aliphatic carbocycles. The number of nitrogens with one attached hydrogen (secondary N) is 1. The molecule has 0 aromatic heterocycles. The summed E-state index contributed by atoms with van der Waals surface area (Å²) in [5.74, 6) is 0. The maximum absolute atomic E-state index is 3.53. The Bertz CT molecular complexity index is 549. The van der Waals surface area contributed by atoms with Crippen LogP contribution in [0.4, 0.5) is 11.4 Å². The first-order valence-electron chi connectivity index (χ1n) is 7.32. The third-order valence-corrected chi connectivity index (χ3v) is 3.68. The normalized spacial score (nSPS) is 10.3. The van der Waals surface area contributed by atoms with E-state index in [2.05, 4.69) is 79.5 Å². The highest BCUT2D eigenvalue weighted by molar-refractivity contribution is 5.54. The van der Waals surface area contributed by atoms with Gasteiger partial charge in [-0.3, -0.25) is 0 Å². The fraction of sp³-hybridized carbons (Fsp3) is 0.333. The average molecular weight is 268 g/mol. The number of rotatable bonds is 6. The van der Waals surface area contributed by atoms with Gasteiger partial charge in [-0.15, -0.1) is 0 Å². The number of hydrogen-bond donors (Lipinski definition) is 1. The van der Waals surface area contributed by atoms with Crippen molar-refractivity contribution in [3.05, 3.63) is 59.7 Å². The molecule has 0 radical (unpaired) electrons. The van der Waals surface area contributed by atoms with Crippen molar-refractivity contribution in [1.29, 1.82) is 0 Å². The van der Waals surface area contributed by atoms with E-state index in [0.717, 1.165) is 19.6 Å². The molecule has 0 amide bonds. The van der Waals surface area contributed by atoms with E-state index in [1.807, 2.05) is 0 Å². The van der Waals surface area contributed by atoms with Crippen LogP contribution < -0.4 is 10.2 Å². The van der Waals surface area contributed by atoms with Gasteiger partial charge in [-0.25, -0.2) is 0 Å². The van der Waals surface area contributed by atoms with Gasteiger partial charge < -0.3 is 10.2 Å². The summed E-state index contributed by atoms with van der Waals surface area (Å²) in [5, 5.41) is 3.53. The molecule has 0 aliphatic heterocycles. The predicted molar refractivity (Wildman–Crippen MR) is 88.7 cm³/mol. The first-order chi connectivity index (χ1) is 9.72. The average Bonchev–Trinajstić information content (AvgIpc) is 2.46. The summed E-state index contributed by atoms with van der Waals surface area (Å²) < 4.78 is 0. The number of likely N-dealkylation sites (N-methyl/N-ethyl adjacent to an activating group) is 1. The molecule has 2 aromatic carbocycles.